The summed E-state index contributed by atoms with van der Waals surface area (Å²) >= 11 is 0. The number of ether oxygens (including phenoxy) is 1. The zero-order valence-corrected chi connectivity index (χ0v) is 15.8. The molecule has 0 aromatic carbocycles. The summed E-state index contributed by atoms with van der Waals surface area (Å²) in [7, 11) is 0. The molecule has 1 amide bonds. The zero-order chi connectivity index (χ0) is 17.5. The first kappa shape index (κ1) is 18.9. The van der Waals surface area contributed by atoms with Crippen molar-refractivity contribution in [3.8, 4) is 0 Å². The number of nitrogens with zero attached hydrogens (tertiary/aromatic N) is 2. The molecular weight excluding hydrogens is 312 g/mol. The van der Waals surface area contributed by atoms with Crippen LogP contribution in [0.25, 0.3) is 0 Å². The maximum Gasteiger partial charge on any atom is 0.222 e. The standard InChI is InChI=1S/C21H36N2O2/c1-2-3-10-21(24)23(17-20-9-6-15-25-20)16-18-11-13-22(14-12-18)19-7-4-5-8-19/h2,18-20H,1,3-17H2. The highest BCUT2D eigenvalue weighted by Crippen LogP contribution is 2.28. The average Bonchev–Trinajstić information content (AvgIpc) is 3.33. The molecule has 2 aliphatic heterocycles. The molecule has 2 heterocycles. The van der Waals surface area contributed by atoms with Crippen LogP contribution in [0.5, 0.6) is 0 Å². The lowest BCUT2D eigenvalue weighted by Crippen LogP contribution is -2.45. The van der Waals surface area contributed by atoms with E-state index in [9.17, 15) is 4.79 Å². The Hall–Kier alpha value is -0.870. The van der Waals surface area contributed by atoms with Crippen LogP contribution in [0.15, 0.2) is 12.7 Å². The average molecular weight is 349 g/mol. The van der Waals surface area contributed by atoms with Crippen molar-refractivity contribution in [3.05, 3.63) is 12.7 Å². The van der Waals surface area contributed by atoms with E-state index in [4.69, 9.17) is 4.74 Å². The van der Waals surface area contributed by atoms with Crippen LogP contribution < -0.4 is 0 Å². The summed E-state index contributed by atoms with van der Waals surface area (Å²) in [5, 5.41) is 0. The van der Waals surface area contributed by atoms with Gasteiger partial charge in [-0.15, -0.1) is 6.58 Å². The first-order valence-electron chi connectivity index (χ1n) is 10.5. The van der Waals surface area contributed by atoms with Gasteiger partial charge in [0.15, 0.2) is 0 Å². The van der Waals surface area contributed by atoms with E-state index in [0.717, 1.165) is 45.0 Å². The van der Waals surface area contributed by atoms with E-state index >= 15 is 0 Å². The van der Waals surface area contributed by atoms with Crippen molar-refractivity contribution in [3.63, 3.8) is 0 Å². The zero-order valence-electron chi connectivity index (χ0n) is 15.8. The maximum atomic E-state index is 12.6. The molecule has 1 aliphatic carbocycles. The van der Waals surface area contributed by atoms with Crippen LogP contribution in [0, 0.1) is 5.92 Å². The number of piperidine rings is 1. The monoisotopic (exact) mass is 348 g/mol. The summed E-state index contributed by atoms with van der Waals surface area (Å²) in [6, 6.07) is 0.846. The third-order valence-corrected chi connectivity index (χ3v) is 6.33. The first-order valence-corrected chi connectivity index (χ1v) is 10.5. The molecule has 2 saturated heterocycles. The molecule has 0 aromatic heterocycles. The van der Waals surface area contributed by atoms with E-state index < -0.39 is 0 Å². The van der Waals surface area contributed by atoms with Crippen molar-refractivity contribution in [2.45, 2.75) is 76.4 Å². The molecule has 0 spiro atoms. The highest BCUT2D eigenvalue weighted by molar-refractivity contribution is 5.76. The summed E-state index contributed by atoms with van der Waals surface area (Å²) < 4.78 is 5.79. The third-order valence-electron chi connectivity index (χ3n) is 6.33. The molecule has 1 unspecified atom stereocenters. The van der Waals surface area contributed by atoms with Gasteiger partial charge in [0.1, 0.15) is 0 Å². The van der Waals surface area contributed by atoms with Crippen molar-refractivity contribution in [1.82, 2.24) is 9.80 Å². The molecule has 1 atom stereocenters. The van der Waals surface area contributed by atoms with Crippen LogP contribution in [-0.4, -0.2) is 60.6 Å². The van der Waals surface area contributed by atoms with Gasteiger partial charge in [0, 0.05) is 32.2 Å². The van der Waals surface area contributed by atoms with Gasteiger partial charge in [0.25, 0.3) is 0 Å². The molecule has 3 rings (SSSR count). The van der Waals surface area contributed by atoms with Crippen LogP contribution >= 0.6 is 0 Å². The normalized spacial score (nSPS) is 26.2. The molecule has 1 saturated carbocycles. The fourth-order valence-corrected chi connectivity index (χ4v) is 4.78. The van der Waals surface area contributed by atoms with Gasteiger partial charge in [-0.3, -0.25) is 4.79 Å². The predicted molar refractivity (Wildman–Crippen MR) is 102 cm³/mol. The van der Waals surface area contributed by atoms with Crippen molar-refractivity contribution in [2.24, 2.45) is 5.92 Å². The highest BCUT2D eigenvalue weighted by Gasteiger charge is 2.29. The minimum Gasteiger partial charge on any atom is -0.376 e. The van der Waals surface area contributed by atoms with Gasteiger partial charge in [-0.2, -0.15) is 0 Å². The SMILES string of the molecule is C=CCCC(=O)N(CC1CCN(C2CCCC2)CC1)CC1CCCO1. The Morgan fingerprint density at radius 2 is 1.84 bits per heavy atom. The molecule has 4 nitrogen and oxygen atoms in total. The van der Waals surface area contributed by atoms with Crippen molar-refractivity contribution < 1.29 is 9.53 Å². The van der Waals surface area contributed by atoms with Crippen LogP contribution in [-0.2, 0) is 9.53 Å². The Kier molecular flexibility index (Phi) is 7.35. The van der Waals surface area contributed by atoms with Crippen molar-refractivity contribution >= 4 is 5.91 Å². The van der Waals surface area contributed by atoms with Gasteiger partial charge in [-0.25, -0.2) is 0 Å². The highest BCUT2D eigenvalue weighted by atomic mass is 16.5. The van der Waals surface area contributed by atoms with Crippen LogP contribution in [0.3, 0.4) is 0 Å². The minimum absolute atomic E-state index is 0.256. The molecule has 0 N–H and O–H groups in total. The molecule has 0 bridgehead atoms. The molecule has 3 aliphatic rings. The van der Waals surface area contributed by atoms with Gasteiger partial charge < -0.3 is 14.5 Å². The Balaban J connectivity index is 1.48. The van der Waals surface area contributed by atoms with Gasteiger partial charge in [0.2, 0.25) is 5.91 Å². The topological polar surface area (TPSA) is 32.8 Å². The number of rotatable bonds is 8. The number of likely N-dealkylation sites (tertiary alicyclic amines) is 1. The molecule has 0 radical (unpaired) electrons. The van der Waals surface area contributed by atoms with Gasteiger partial charge in [-0.05, 0) is 64.0 Å². The largest absolute Gasteiger partial charge is 0.376 e. The van der Waals surface area contributed by atoms with Crippen LogP contribution in [0.2, 0.25) is 0 Å². The van der Waals surface area contributed by atoms with Crippen molar-refractivity contribution in [1.29, 1.82) is 0 Å². The molecule has 25 heavy (non-hydrogen) atoms. The first-order chi connectivity index (χ1) is 12.3. The summed E-state index contributed by atoms with van der Waals surface area (Å²) in [6.07, 6.45) is 13.8. The quantitative estimate of drug-likeness (QED) is 0.628. The number of amides is 1. The maximum absolute atomic E-state index is 12.6. The summed E-state index contributed by atoms with van der Waals surface area (Å²) in [6.45, 7) is 8.78. The molecule has 3 fully saturated rings. The van der Waals surface area contributed by atoms with E-state index in [2.05, 4.69) is 16.4 Å². The molecular formula is C21H36N2O2. The second-order valence-electron chi connectivity index (χ2n) is 8.18. The van der Waals surface area contributed by atoms with E-state index in [1.807, 2.05) is 6.08 Å². The third kappa shape index (κ3) is 5.55. The lowest BCUT2D eigenvalue weighted by Gasteiger charge is -2.38. The number of hydrogen-bond acceptors (Lipinski definition) is 3. The number of hydrogen-bond donors (Lipinski definition) is 0. The minimum atomic E-state index is 0.256. The van der Waals surface area contributed by atoms with E-state index in [1.165, 1.54) is 51.6 Å². The lowest BCUT2D eigenvalue weighted by molar-refractivity contribution is -0.133. The molecule has 142 valence electrons. The van der Waals surface area contributed by atoms with Crippen LogP contribution in [0.1, 0.15) is 64.2 Å². The lowest BCUT2D eigenvalue weighted by atomic mass is 9.94. The second kappa shape index (κ2) is 9.72. The number of carbonyl (C=O) groups is 1. The Morgan fingerprint density at radius 1 is 1.08 bits per heavy atom. The van der Waals surface area contributed by atoms with E-state index in [1.54, 1.807) is 0 Å². The molecule has 0 aromatic rings. The van der Waals surface area contributed by atoms with Crippen LogP contribution in [0.4, 0.5) is 0 Å². The number of carbonyl (C=O) groups excluding carboxylic acids is 1. The predicted octanol–water partition coefficient (Wildman–Crippen LogP) is 3.61. The Bertz CT molecular complexity index is 420. The fourth-order valence-electron chi connectivity index (χ4n) is 4.78. The van der Waals surface area contributed by atoms with Gasteiger partial charge >= 0.3 is 0 Å². The smallest absolute Gasteiger partial charge is 0.222 e. The Labute approximate surface area is 153 Å². The molecule has 4 heteroatoms. The Morgan fingerprint density at radius 3 is 2.48 bits per heavy atom. The van der Waals surface area contributed by atoms with E-state index in [-0.39, 0.29) is 12.0 Å². The summed E-state index contributed by atoms with van der Waals surface area (Å²) in [5.74, 6) is 0.945. The van der Waals surface area contributed by atoms with E-state index in [0.29, 0.717) is 12.3 Å². The van der Waals surface area contributed by atoms with Gasteiger partial charge in [-0.1, -0.05) is 18.9 Å². The summed E-state index contributed by atoms with van der Waals surface area (Å²) in [4.78, 5) is 17.5. The van der Waals surface area contributed by atoms with Crippen molar-refractivity contribution in [2.75, 3.05) is 32.8 Å². The van der Waals surface area contributed by atoms with Gasteiger partial charge in [0.05, 0.1) is 6.10 Å². The summed E-state index contributed by atoms with van der Waals surface area (Å²) in [5.41, 5.74) is 0. The number of allylic oxidation sites excluding steroid dienone is 1. The second-order valence-corrected chi connectivity index (χ2v) is 8.18. The fraction of sp³-hybridized carbons (Fsp3) is 0.857.